The molecule has 2 amide bonds. The van der Waals surface area contributed by atoms with Crippen molar-refractivity contribution >= 4 is 11.8 Å². The van der Waals surface area contributed by atoms with Gasteiger partial charge in [0.15, 0.2) is 0 Å². The van der Waals surface area contributed by atoms with Crippen LogP contribution in [-0.2, 0) is 16.1 Å². The molecule has 4 rings (SSSR count). The van der Waals surface area contributed by atoms with Gasteiger partial charge in [-0.25, -0.2) is 0 Å². The van der Waals surface area contributed by atoms with E-state index in [1.165, 1.54) is 0 Å². The van der Waals surface area contributed by atoms with Crippen LogP contribution >= 0.6 is 0 Å². The Labute approximate surface area is 148 Å². The molecule has 3 aliphatic rings. The molecule has 1 unspecified atom stereocenters. The number of aromatic nitrogens is 1. The molecule has 1 atom stereocenters. The zero-order chi connectivity index (χ0) is 17.5. The molecule has 25 heavy (non-hydrogen) atoms. The minimum Gasteiger partial charge on any atom is -0.340 e. The van der Waals surface area contributed by atoms with E-state index in [1.54, 1.807) is 12.4 Å². The zero-order valence-corrected chi connectivity index (χ0v) is 14.6. The molecule has 1 aromatic rings. The maximum atomic E-state index is 12.7. The molecule has 6 heteroatoms. The topological polar surface area (TPSA) is 79.5 Å². The number of rotatable bonds is 3. The molecule has 1 aromatic heterocycles. The third-order valence-electron chi connectivity index (χ3n) is 6.03. The lowest BCUT2D eigenvalue weighted by atomic mass is 9.73. The van der Waals surface area contributed by atoms with E-state index in [9.17, 15) is 9.59 Å². The fraction of sp³-hybridized carbons (Fsp3) is 0.632. The van der Waals surface area contributed by atoms with Crippen LogP contribution in [0.5, 0.6) is 0 Å². The second kappa shape index (κ2) is 6.09. The monoisotopic (exact) mass is 342 g/mol. The molecule has 1 aliphatic carbocycles. The van der Waals surface area contributed by atoms with Crippen molar-refractivity contribution in [3.63, 3.8) is 0 Å². The first kappa shape index (κ1) is 16.5. The van der Waals surface area contributed by atoms with Crippen molar-refractivity contribution in [3.05, 3.63) is 30.1 Å². The van der Waals surface area contributed by atoms with E-state index in [-0.39, 0.29) is 17.2 Å². The van der Waals surface area contributed by atoms with Gasteiger partial charge in [0.1, 0.15) is 0 Å². The summed E-state index contributed by atoms with van der Waals surface area (Å²) in [5, 5.41) is 0. The highest BCUT2D eigenvalue weighted by atomic mass is 16.2. The quantitative estimate of drug-likeness (QED) is 0.898. The number of nitrogens with two attached hydrogens (primary N) is 1. The average molecular weight is 342 g/mol. The van der Waals surface area contributed by atoms with Crippen molar-refractivity contribution < 1.29 is 9.59 Å². The lowest BCUT2D eigenvalue weighted by Gasteiger charge is -2.48. The van der Waals surface area contributed by atoms with Crippen molar-refractivity contribution in [2.75, 3.05) is 19.6 Å². The van der Waals surface area contributed by atoms with Crippen LogP contribution in [0.15, 0.2) is 24.5 Å². The summed E-state index contributed by atoms with van der Waals surface area (Å²) in [6.07, 6.45) is 8.66. The molecular formula is C19H26N4O2. The summed E-state index contributed by atoms with van der Waals surface area (Å²) < 4.78 is 0. The van der Waals surface area contributed by atoms with Crippen LogP contribution in [0, 0.1) is 5.41 Å². The van der Waals surface area contributed by atoms with Gasteiger partial charge in [0.25, 0.3) is 0 Å². The normalized spacial score (nSPS) is 28.3. The lowest BCUT2D eigenvalue weighted by molar-refractivity contribution is -0.144. The molecule has 6 nitrogen and oxygen atoms in total. The van der Waals surface area contributed by atoms with E-state index in [0.29, 0.717) is 13.0 Å². The summed E-state index contributed by atoms with van der Waals surface area (Å²) in [5.41, 5.74) is 6.66. The SMILES string of the molecule is NC1(C(=O)N2CCCC3(CCC(=O)N(Cc4ccncc4)C3)C2)CC1. The number of hydrogen-bond donors (Lipinski definition) is 1. The standard InChI is InChI=1S/C19H26N4O2/c20-19(7-8-19)17(25)22-11-1-5-18(13-22)6-2-16(24)23(14-18)12-15-3-9-21-10-4-15/h3-4,9-10H,1-2,5-8,11-14,20H2. The van der Waals surface area contributed by atoms with E-state index < -0.39 is 5.54 Å². The number of pyridine rings is 1. The van der Waals surface area contributed by atoms with E-state index in [4.69, 9.17) is 5.73 Å². The van der Waals surface area contributed by atoms with Gasteiger partial charge in [-0.05, 0) is 49.8 Å². The molecule has 3 heterocycles. The minimum absolute atomic E-state index is 0.0279. The van der Waals surface area contributed by atoms with Crippen LogP contribution in [-0.4, -0.2) is 51.8 Å². The Kier molecular flexibility index (Phi) is 4.02. The lowest BCUT2D eigenvalue weighted by Crippen LogP contribution is -2.57. The van der Waals surface area contributed by atoms with Crippen LogP contribution in [0.4, 0.5) is 0 Å². The second-order valence-electron chi connectivity index (χ2n) is 8.09. The van der Waals surface area contributed by atoms with Crippen LogP contribution < -0.4 is 5.73 Å². The third kappa shape index (κ3) is 3.27. The number of likely N-dealkylation sites (tertiary alicyclic amines) is 2. The van der Waals surface area contributed by atoms with Gasteiger partial charge in [0, 0.05) is 50.4 Å². The first-order valence-corrected chi connectivity index (χ1v) is 9.25. The summed E-state index contributed by atoms with van der Waals surface area (Å²) in [4.78, 5) is 33.0. The molecule has 1 spiro atoms. The van der Waals surface area contributed by atoms with E-state index in [0.717, 1.165) is 57.3 Å². The summed E-state index contributed by atoms with van der Waals surface area (Å²) in [7, 11) is 0. The van der Waals surface area contributed by atoms with Crippen molar-refractivity contribution in [1.29, 1.82) is 0 Å². The van der Waals surface area contributed by atoms with Crippen molar-refractivity contribution in [2.24, 2.45) is 11.1 Å². The van der Waals surface area contributed by atoms with Crippen LogP contribution in [0.25, 0.3) is 0 Å². The largest absolute Gasteiger partial charge is 0.340 e. The summed E-state index contributed by atoms with van der Waals surface area (Å²) in [6, 6.07) is 3.91. The highest BCUT2D eigenvalue weighted by molar-refractivity contribution is 5.89. The predicted molar refractivity (Wildman–Crippen MR) is 93.3 cm³/mol. The van der Waals surface area contributed by atoms with Crippen LogP contribution in [0.1, 0.15) is 44.1 Å². The Hall–Kier alpha value is -1.95. The van der Waals surface area contributed by atoms with Gasteiger partial charge in [0.05, 0.1) is 5.54 Å². The van der Waals surface area contributed by atoms with E-state index >= 15 is 0 Å². The number of hydrogen-bond acceptors (Lipinski definition) is 4. The first-order valence-electron chi connectivity index (χ1n) is 9.25. The van der Waals surface area contributed by atoms with Gasteiger partial charge in [-0.2, -0.15) is 0 Å². The Bertz CT molecular complexity index is 673. The molecule has 134 valence electrons. The third-order valence-corrected chi connectivity index (χ3v) is 6.03. The van der Waals surface area contributed by atoms with E-state index in [2.05, 4.69) is 4.98 Å². The summed E-state index contributed by atoms with van der Waals surface area (Å²) >= 11 is 0. The minimum atomic E-state index is -0.597. The smallest absolute Gasteiger partial charge is 0.242 e. The van der Waals surface area contributed by atoms with Gasteiger partial charge < -0.3 is 15.5 Å². The summed E-state index contributed by atoms with van der Waals surface area (Å²) in [6.45, 7) is 2.90. The number of carbonyl (C=O) groups excluding carboxylic acids is 2. The number of carbonyl (C=O) groups is 2. The Morgan fingerprint density at radius 1 is 1.16 bits per heavy atom. The highest BCUT2D eigenvalue weighted by Crippen LogP contribution is 2.42. The number of amides is 2. The molecule has 1 saturated carbocycles. The molecule has 3 fully saturated rings. The van der Waals surface area contributed by atoms with Gasteiger partial charge >= 0.3 is 0 Å². The number of nitrogens with zero attached hydrogens (tertiary/aromatic N) is 3. The predicted octanol–water partition coefficient (Wildman–Crippen LogP) is 1.30. The van der Waals surface area contributed by atoms with Gasteiger partial charge in [0.2, 0.25) is 11.8 Å². The Morgan fingerprint density at radius 3 is 2.64 bits per heavy atom. The molecule has 2 aliphatic heterocycles. The fourth-order valence-electron chi connectivity index (χ4n) is 4.33. The first-order chi connectivity index (χ1) is 12.0. The number of piperidine rings is 2. The molecule has 0 radical (unpaired) electrons. The zero-order valence-electron chi connectivity index (χ0n) is 14.6. The summed E-state index contributed by atoms with van der Waals surface area (Å²) in [5.74, 6) is 0.326. The maximum absolute atomic E-state index is 12.7. The molecule has 0 bridgehead atoms. The molecule has 2 N–H and O–H groups in total. The fourth-order valence-corrected chi connectivity index (χ4v) is 4.33. The molecule has 2 saturated heterocycles. The Balaban J connectivity index is 1.47. The van der Waals surface area contributed by atoms with Crippen LogP contribution in [0.2, 0.25) is 0 Å². The van der Waals surface area contributed by atoms with Gasteiger partial charge in [-0.3, -0.25) is 14.6 Å². The second-order valence-corrected chi connectivity index (χ2v) is 8.09. The average Bonchev–Trinajstić information content (AvgIpc) is 3.38. The Morgan fingerprint density at radius 2 is 1.92 bits per heavy atom. The molecular weight excluding hydrogens is 316 g/mol. The van der Waals surface area contributed by atoms with Crippen molar-refractivity contribution in [1.82, 2.24) is 14.8 Å². The van der Waals surface area contributed by atoms with Crippen molar-refractivity contribution in [3.8, 4) is 0 Å². The molecule has 0 aromatic carbocycles. The van der Waals surface area contributed by atoms with Crippen LogP contribution in [0.3, 0.4) is 0 Å². The highest BCUT2D eigenvalue weighted by Gasteiger charge is 2.51. The van der Waals surface area contributed by atoms with Gasteiger partial charge in [-0.15, -0.1) is 0 Å². The maximum Gasteiger partial charge on any atom is 0.242 e. The van der Waals surface area contributed by atoms with Gasteiger partial charge in [-0.1, -0.05) is 0 Å². The van der Waals surface area contributed by atoms with E-state index in [1.807, 2.05) is 21.9 Å². The van der Waals surface area contributed by atoms with Crippen molar-refractivity contribution in [2.45, 2.75) is 50.6 Å².